The monoisotopic (exact) mass is 266 g/mol. The fourth-order valence-corrected chi connectivity index (χ4v) is 4.18. The second-order valence-electron chi connectivity index (χ2n) is 6.50. The number of hydrogen-bond acceptors (Lipinski definition) is 3. The molecule has 3 nitrogen and oxygen atoms in total. The zero-order valence-corrected chi connectivity index (χ0v) is 12.5. The molecule has 0 saturated heterocycles. The van der Waals surface area contributed by atoms with Crippen LogP contribution >= 0.6 is 11.3 Å². The quantitative estimate of drug-likeness (QED) is 0.864. The molecule has 0 spiro atoms. The Bertz CT molecular complexity index is 460. The highest BCUT2D eigenvalue weighted by molar-refractivity contribution is 7.08. The first kappa shape index (κ1) is 13.6. The summed E-state index contributed by atoms with van der Waals surface area (Å²) in [6.45, 7) is 10.4. The molecule has 1 saturated carbocycles. The molecule has 1 aliphatic carbocycles. The van der Waals surface area contributed by atoms with E-state index in [1.54, 1.807) is 11.3 Å². The predicted molar refractivity (Wildman–Crippen MR) is 75.8 cm³/mol. The van der Waals surface area contributed by atoms with E-state index >= 15 is 0 Å². The maximum Gasteiger partial charge on any atom is 0.252 e. The Morgan fingerprint density at radius 1 is 1.28 bits per heavy atom. The molecule has 1 heterocycles. The maximum atomic E-state index is 12.3. The van der Waals surface area contributed by atoms with E-state index in [1.165, 1.54) is 0 Å². The number of rotatable bonds is 2. The molecule has 3 N–H and O–H groups in total. The van der Waals surface area contributed by atoms with Crippen molar-refractivity contribution in [3.05, 3.63) is 21.9 Å². The van der Waals surface area contributed by atoms with Crippen LogP contribution in [0.15, 0.2) is 10.8 Å². The lowest BCUT2D eigenvalue weighted by molar-refractivity contribution is -0.0663. The summed E-state index contributed by atoms with van der Waals surface area (Å²) in [6.07, 6.45) is 0. The number of aryl methyl sites for hydroxylation is 1. The summed E-state index contributed by atoms with van der Waals surface area (Å²) in [5.74, 6) is 0.0202. The van der Waals surface area contributed by atoms with Crippen molar-refractivity contribution in [2.24, 2.45) is 16.6 Å². The maximum absolute atomic E-state index is 12.3. The molecule has 100 valence electrons. The Morgan fingerprint density at radius 2 is 1.83 bits per heavy atom. The Kier molecular flexibility index (Phi) is 3.06. The van der Waals surface area contributed by atoms with E-state index in [0.717, 1.165) is 11.1 Å². The molecule has 0 bridgehead atoms. The van der Waals surface area contributed by atoms with Crippen molar-refractivity contribution in [1.29, 1.82) is 0 Å². The number of nitrogens with one attached hydrogen (secondary N) is 1. The van der Waals surface area contributed by atoms with Gasteiger partial charge in [0.25, 0.3) is 5.91 Å². The lowest BCUT2D eigenvalue weighted by Gasteiger charge is -2.62. The number of carbonyl (C=O) groups is 1. The van der Waals surface area contributed by atoms with Gasteiger partial charge in [-0.15, -0.1) is 0 Å². The summed E-state index contributed by atoms with van der Waals surface area (Å²) < 4.78 is 0. The van der Waals surface area contributed by atoms with E-state index in [9.17, 15) is 4.79 Å². The normalized spacial score (nSPS) is 28.6. The molecule has 0 radical (unpaired) electrons. The van der Waals surface area contributed by atoms with E-state index in [0.29, 0.717) is 0 Å². The van der Waals surface area contributed by atoms with Crippen molar-refractivity contribution < 1.29 is 4.79 Å². The minimum Gasteiger partial charge on any atom is -0.348 e. The highest BCUT2D eigenvalue weighted by Crippen LogP contribution is 2.52. The second kappa shape index (κ2) is 4.07. The van der Waals surface area contributed by atoms with Gasteiger partial charge < -0.3 is 11.1 Å². The summed E-state index contributed by atoms with van der Waals surface area (Å²) >= 11 is 1.56. The Hall–Kier alpha value is -0.870. The summed E-state index contributed by atoms with van der Waals surface area (Å²) in [5.41, 5.74) is 7.92. The molecule has 1 aliphatic rings. The lowest BCUT2D eigenvalue weighted by atomic mass is 9.48. The van der Waals surface area contributed by atoms with Crippen molar-refractivity contribution in [3.8, 4) is 0 Å². The highest BCUT2D eigenvalue weighted by atomic mass is 32.1. The van der Waals surface area contributed by atoms with E-state index in [4.69, 9.17) is 5.73 Å². The third kappa shape index (κ3) is 1.79. The molecule has 0 atom stereocenters. The average molecular weight is 266 g/mol. The SMILES string of the molecule is Cc1cscc1C(=O)NC1C(C)(C)C(N)C1(C)C. The van der Waals surface area contributed by atoms with Crippen LogP contribution in [0.1, 0.15) is 43.6 Å². The molecule has 1 aromatic rings. The number of carbonyl (C=O) groups excluding carboxylic acids is 1. The number of amides is 1. The largest absolute Gasteiger partial charge is 0.348 e. The zero-order chi connectivity index (χ0) is 13.7. The smallest absolute Gasteiger partial charge is 0.252 e. The van der Waals surface area contributed by atoms with Gasteiger partial charge >= 0.3 is 0 Å². The van der Waals surface area contributed by atoms with Crippen LogP contribution < -0.4 is 11.1 Å². The molecule has 1 aromatic heterocycles. The van der Waals surface area contributed by atoms with Crippen molar-refractivity contribution in [3.63, 3.8) is 0 Å². The molecular weight excluding hydrogens is 244 g/mol. The Labute approximate surface area is 113 Å². The molecule has 0 aliphatic heterocycles. The predicted octanol–water partition coefficient (Wildman–Crippen LogP) is 2.55. The lowest BCUT2D eigenvalue weighted by Crippen LogP contribution is -2.76. The minimum atomic E-state index is -0.0525. The molecule has 0 unspecified atom stereocenters. The van der Waals surface area contributed by atoms with Gasteiger partial charge in [-0.1, -0.05) is 27.7 Å². The number of hydrogen-bond donors (Lipinski definition) is 2. The van der Waals surface area contributed by atoms with Gasteiger partial charge in [0.2, 0.25) is 0 Å². The van der Waals surface area contributed by atoms with E-state index < -0.39 is 0 Å². The van der Waals surface area contributed by atoms with Crippen LogP contribution in [0.2, 0.25) is 0 Å². The van der Waals surface area contributed by atoms with Crippen LogP contribution in [0.25, 0.3) is 0 Å². The Morgan fingerprint density at radius 3 is 2.28 bits per heavy atom. The third-order valence-corrected chi connectivity index (χ3v) is 5.33. The van der Waals surface area contributed by atoms with Crippen molar-refractivity contribution >= 4 is 17.2 Å². The molecule has 18 heavy (non-hydrogen) atoms. The van der Waals surface area contributed by atoms with Gasteiger partial charge in [-0.05, 0) is 17.9 Å². The summed E-state index contributed by atoms with van der Waals surface area (Å²) in [5, 5.41) is 7.06. The van der Waals surface area contributed by atoms with Gasteiger partial charge in [0.05, 0.1) is 5.56 Å². The molecule has 1 amide bonds. The van der Waals surface area contributed by atoms with Crippen LogP contribution in [0.5, 0.6) is 0 Å². The number of nitrogens with two attached hydrogens (primary N) is 1. The van der Waals surface area contributed by atoms with Crippen molar-refractivity contribution in [2.75, 3.05) is 0 Å². The molecule has 2 rings (SSSR count). The first-order valence-electron chi connectivity index (χ1n) is 6.28. The fraction of sp³-hybridized carbons (Fsp3) is 0.643. The first-order chi connectivity index (χ1) is 8.19. The van der Waals surface area contributed by atoms with Crippen molar-refractivity contribution in [2.45, 2.75) is 46.7 Å². The summed E-state index contributed by atoms with van der Waals surface area (Å²) in [7, 11) is 0. The van der Waals surface area contributed by atoms with Gasteiger partial charge in [-0.2, -0.15) is 11.3 Å². The van der Waals surface area contributed by atoms with Crippen LogP contribution in [0.3, 0.4) is 0 Å². The molecule has 1 fully saturated rings. The van der Waals surface area contributed by atoms with Gasteiger partial charge in [-0.25, -0.2) is 0 Å². The van der Waals surface area contributed by atoms with Gasteiger partial charge in [0.15, 0.2) is 0 Å². The van der Waals surface area contributed by atoms with Crippen molar-refractivity contribution in [1.82, 2.24) is 5.32 Å². The third-order valence-electron chi connectivity index (χ3n) is 4.47. The topological polar surface area (TPSA) is 55.1 Å². The van der Waals surface area contributed by atoms with Gasteiger partial charge in [0.1, 0.15) is 0 Å². The summed E-state index contributed by atoms with van der Waals surface area (Å²) in [4.78, 5) is 12.3. The Balaban J connectivity index is 2.16. The zero-order valence-electron chi connectivity index (χ0n) is 11.7. The van der Waals surface area contributed by atoms with Crippen LogP contribution in [0, 0.1) is 17.8 Å². The molecule has 4 heteroatoms. The molecular formula is C14H22N2OS. The average Bonchev–Trinajstić information content (AvgIpc) is 2.70. The highest BCUT2D eigenvalue weighted by Gasteiger charge is 2.60. The van der Waals surface area contributed by atoms with E-state index in [1.807, 2.05) is 17.7 Å². The van der Waals surface area contributed by atoms with Crippen LogP contribution in [-0.2, 0) is 0 Å². The fourth-order valence-electron chi connectivity index (χ4n) is 3.35. The van der Waals surface area contributed by atoms with Crippen LogP contribution in [0.4, 0.5) is 0 Å². The first-order valence-corrected chi connectivity index (χ1v) is 7.22. The molecule has 0 aromatic carbocycles. The standard InChI is InChI=1S/C14H22N2OS/c1-8-6-18-7-9(8)10(17)16-12-13(2,3)11(15)14(12,4)5/h6-7,11-12H,15H2,1-5H3,(H,16,17). The summed E-state index contributed by atoms with van der Waals surface area (Å²) in [6, 6.07) is 0.227. The number of thiophene rings is 1. The van der Waals surface area contributed by atoms with E-state index in [-0.39, 0.29) is 28.8 Å². The van der Waals surface area contributed by atoms with Gasteiger partial charge in [-0.3, -0.25) is 4.79 Å². The minimum absolute atomic E-state index is 0.0202. The van der Waals surface area contributed by atoms with Gasteiger partial charge in [0, 0.05) is 28.3 Å². The van der Waals surface area contributed by atoms with E-state index in [2.05, 4.69) is 33.0 Å². The van der Waals surface area contributed by atoms with Crippen LogP contribution in [-0.4, -0.2) is 18.0 Å². The second-order valence-corrected chi connectivity index (χ2v) is 7.24.